The van der Waals surface area contributed by atoms with Gasteiger partial charge in [0.05, 0.1) is 18.8 Å². The number of amides is 1. The Hall–Kier alpha value is -3.03. The average Bonchev–Trinajstić information content (AvgIpc) is 3.08. The summed E-state index contributed by atoms with van der Waals surface area (Å²) in [4.78, 5) is 22.2. The van der Waals surface area contributed by atoms with Crippen molar-refractivity contribution in [3.8, 4) is 11.3 Å². The molecule has 0 bridgehead atoms. The van der Waals surface area contributed by atoms with Gasteiger partial charge in [-0.1, -0.05) is 29.8 Å². The highest BCUT2D eigenvalue weighted by Crippen LogP contribution is 2.20. The number of aryl methyl sites for hydroxylation is 1. The van der Waals surface area contributed by atoms with Crippen molar-refractivity contribution in [1.82, 2.24) is 20.5 Å². The molecular formula is C21H29N5O3. The van der Waals surface area contributed by atoms with Crippen LogP contribution in [0, 0.1) is 6.92 Å². The van der Waals surface area contributed by atoms with Gasteiger partial charge in [0.15, 0.2) is 11.7 Å². The van der Waals surface area contributed by atoms with Crippen LogP contribution in [0.1, 0.15) is 32.2 Å². The van der Waals surface area contributed by atoms with Gasteiger partial charge in [-0.15, -0.1) is 0 Å². The monoisotopic (exact) mass is 399 g/mol. The molecule has 1 amide bonds. The summed E-state index contributed by atoms with van der Waals surface area (Å²) < 4.78 is 11.2. The Morgan fingerprint density at radius 3 is 2.62 bits per heavy atom. The summed E-state index contributed by atoms with van der Waals surface area (Å²) in [7, 11) is 1.70. The summed E-state index contributed by atoms with van der Waals surface area (Å²) in [5.74, 6) is 1.94. The first-order valence-electron chi connectivity index (χ1n) is 9.70. The maximum atomic E-state index is 12.0. The summed E-state index contributed by atoms with van der Waals surface area (Å²) in [6.45, 7) is 9.19. The molecule has 1 saturated heterocycles. The molecule has 1 aliphatic rings. The van der Waals surface area contributed by atoms with Crippen molar-refractivity contribution >= 4 is 12.1 Å². The number of rotatable bonds is 4. The predicted octanol–water partition coefficient (Wildman–Crippen LogP) is 2.93. The van der Waals surface area contributed by atoms with E-state index < -0.39 is 5.60 Å². The van der Waals surface area contributed by atoms with E-state index in [1.807, 2.05) is 52.0 Å². The van der Waals surface area contributed by atoms with E-state index in [1.165, 1.54) is 5.56 Å². The molecule has 2 aromatic rings. The largest absolute Gasteiger partial charge is 0.444 e. The summed E-state index contributed by atoms with van der Waals surface area (Å²) in [6.07, 6.45) is 1.43. The third kappa shape index (κ3) is 5.73. The smallest absolute Gasteiger partial charge is 0.410 e. The lowest BCUT2D eigenvalue weighted by molar-refractivity contribution is 0.00701. The molecule has 0 aliphatic carbocycles. The third-order valence-electron chi connectivity index (χ3n) is 4.39. The number of nitrogens with one attached hydrogen (secondary N) is 2. The Labute approximate surface area is 171 Å². The number of ether oxygens (including phenoxy) is 1. The number of hydrogen-bond donors (Lipinski definition) is 2. The van der Waals surface area contributed by atoms with Crippen molar-refractivity contribution in [2.24, 2.45) is 4.99 Å². The molecule has 0 spiro atoms. The van der Waals surface area contributed by atoms with E-state index >= 15 is 0 Å². The van der Waals surface area contributed by atoms with Crippen molar-refractivity contribution < 1.29 is 13.9 Å². The first kappa shape index (κ1) is 20.7. The lowest BCUT2D eigenvalue weighted by atomic mass is 10.1. The minimum atomic E-state index is -0.485. The summed E-state index contributed by atoms with van der Waals surface area (Å²) in [5.41, 5.74) is 1.71. The van der Waals surface area contributed by atoms with Crippen molar-refractivity contribution in [2.75, 3.05) is 20.1 Å². The fourth-order valence-electron chi connectivity index (χ4n) is 2.84. The molecule has 1 aromatic heterocycles. The van der Waals surface area contributed by atoms with E-state index in [1.54, 1.807) is 18.1 Å². The lowest BCUT2D eigenvalue weighted by Gasteiger charge is -2.40. The van der Waals surface area contributed by atoms with E-state index in [0.717, 1.165) is 11.3 Å². The van der Waals surface area contributed by atoms with Crippen LogP contribution in [0.15, 0.2) is 39.9 Å². The number of oxazole rings is 1. The van der Waals surface area contributed by atoms with Crippen LogP contribution in [0.2, 0.25) is 0 Å². The Bertz CT molecular complexity index is 861. The second-order valence-corrected chi connectivity index (χ2v) is 8.14. The number of carbonyl (C=O) groups is 1. The molecule has 0 atom stereocenters. The molecule has 1 aliphatic heterocycles. The fraction of sp³-hybridized carbons (Fsp3) is 0.476. The van der Waals surface area contributed by atoms with Gasteiger partial charge >= 0.3 is 6.09 Å². The zero-order chi connectivity index (χ0) is 21.0. The average molecular weight is 399 g/mol. The van der Waals surface area contributed by atoms with Gasteiger partial charge in [0.25, 0.3) is 0 Å². The molecule has 2 N–H and O–H groups in total. The van der Waals surface area contributed by atoms with Gasteiger partial charge < -0.3 is 24.7 Å². The van der Waals surface area contributed by atoms with Gasteiger partial charge in [-0.2, -0.15) is 0 Å². The van der Waals surface area contributed by atoms with Crippen LogP contribution >= 0.6 is 0 Å². The molecule has 29 heavy (non-hydrogen) atoms. The number of aromatic nitrogens is 1. The molecule has 1 aromatic carbocycles. The van der Waals surface area contributed by atoms with Crippen molar-refractivity contribution in [2.45, 2.75) is 45.9 Å². The van der Waals surface area contributed by atoms with E-state index in [2.05, 4.69) is 20.6 Å². The van der Waals surface area contributed by atoms with Crippen LogP contribution in [-0.4, -0.2) is 53.7 Å². The zero-order valence-corrected chi connectivity index (χ0v) is 17.7. The number of benzene rings is 1. The standard InChI is InChI=1S/C21H29N5O3/c1-14-6-8-15(9-7-14)17-10-23-18(28-17)11-24-19(22-5)25-16-12-26(13-16)20(27)29-21(2,3)4/h6-10,16H,11-13H2,1-5H3,(H2,22,24,25). The normalized spacial score (nSPS) is 15.1. The van der Waals surface area contributed by atoms with E-state index in [-0.39, 0.29) is 12.1 Å². The Morgan fingerprint density at radius 2 is 2.00 bits per heavy atom. The second-order valence-electron chi connectivity index (χ2n) is 8.14. The number of nitrogens with zero attached hydrogens (tertiary/aromatic N) is 3. The quantitative estimate of drug-likeness (QED) is 0.607. The van der Waals surface area contributed by atoms with Crippen molar-refractivity contribution in [3.63, 3.8) is 0 Å². The van der Waals surface area contributed by atoms with Crippen LogP contribution in [0.4, 0.5) is 4.79 Å². The first-order chi connectivity index (χ1) is 13.7. The first-order valence-corrected chi connectivity index (χ1v) is 9.70. The lowest BCUT2D eigenvalue weighted by Crippen LogP contribution is -2.63. The van der Waals surface area contributed by atoms with Crippen LogP contribution in [0.25, 0.3) is 11.3 Å². The van der Waals surface area contributed by atoms with Crippen LogP contribution < -0.4 is 10.6 Å². The minimum absolute atomic E-state index is 0.126. The van der Waals surface area contributed by atoms with Crippen molar-refractivity contribution in [3.05, 3.63) is 41.9 Å². The number of likely N-dealkylation sites (tertiary alicyclic amines) is 1. The summed E-state index contributed by atoms with van der Waals surface area (Å²) in [5, 5.41) is 6.47. The maximum Gasteiger partial charge on any atom is 0.410 e. The van der Waals surface area contributed by atoms with Gasteiger partial charge in [-0.05, 0) is 27.7 Å². The third-order valence-corrected chi connectivity index (χ3v) is 4.39. The predicted molar refractivity (Wildman–Crippen MR) is 112 cm³/mol. The van der Waals surface area contributed by atoms with Crippen LogP contribution in [0.3, 0.4) is 0 Å². The number of hydrogen-bond acceptors (Lipinski definition) is 5. The minimum Gasteiger partial charge on any atom is -0.444 e. The van der Waals surface area contributed by atoms with Crippen LogP contribution in [0.5, 0.6) is 0 Å². The van der Waals surface area contributed by atoms with E-state index in [9.17, 15) is 4.79 Å². The molecule has 0 saturated carbocycles. The number of carbonyl (C=O) groups excluding carboxylic acids is 1. The topological polar surface area (TPSA) is 92.0 Å². The zero-order valence-electron chi connectivity index (χ0n) is 17.7. The molecule has 1 fully saturated rings. The molecule has 8 heteroatoms. The fourth-order valence-corrected chi connectivity index (χ4v) is 2.84. The van der Waals surface area contributed by atoms with E-state index in [4.69, 9.17) is 9.15 Å². The molecule has 0 unspecified atom stereocenters. The SMILES string of the molecule is CN=C(NCc1ncc(-c2ccc(C)cc2)o1)NC1CN(C(=O)OC(C)(C)C)C1. The van der Waals surface area contributed by atoms with Gasteiger partial charge in [0.1, 0.15) is 5.60 Å². The highest BCUT2D eigenvalue weighted by Gasteiger charge is 2.34. The maximum absolute atomic E-state index is 12.0. The van der Waals surface area contributed by atoms with Gasteiger partial charge in [0.2, 0.25) is 5.89 Å². The molecule has 2 heterocycles. The highest BCUT2D eigenvalue weighted by atomic mass is 16.6. The molecular weight excluding hydrogens is 370 g/mol. The number of aliphatic imine (C=N–C) groups is 1. The summed E-state index contributed by atoms with van der Waals surface area (Å²) in [6, 6.07) is 8.24. The number of guanidine groups is 1. The summed E-state index contributed by atoms with van der Waals surface area (Å²) >= 11 is 0. The molecule has 0 radical (unpaired) electrons. The molecule has 156 valence electrons. The van der Waals surface area contributed by atoms with Gasteiger partial charge in [0, 0.05) is 25.7 Å². The van der Waals surface area contributed by atoms with Crippen molar-refractivity contribution in [1.29, 1.82) is 0 Å². The Kier molecular flexibility index (Phi) is 6.10. The van der Waals surface area contributed by atoms with Gasteiger partial charge in [-0.3, -0.25) is 4.99 Å². The van der Waals surface area contributed by atoms with Gasteiger partial charge in [-0.25, -0.2) is 9.78 Å². The highest BCUT2D eigenvalue weighted by molar-refractivity contribution is 5.80. The Balaban J connectivity index is 1.45. The van der Waals surface area contributed by atoms with E-state index in [0.29, 0.717) is 31.5 Å². The molecule has 8 nitrogen and oxygen atoms in total. The second kappa shape index (κ2) is 8.55. The van der Waals surface area contributed by atoms with Crippen LogP contribution in [-0.2, 0) is 11.3 Å². The Morgan fingerprint density at radius 1 is 1.31 bits per heavy atom. The molecule has 3 rings (SSSR count).